The molecule has 0 aromatic heterocycles. The van der Waals surface area contributed by atoms with Gasteiger partial charge in [0.15, 0.2) is 12.4 Å². The number of carbonyl (C=O) groups is 2. The number of hydrogen-bond acceptors (Lipinski definition) is 3. The number of rotatable bonds is 2. The van der Waals surface area contributed by atoms with Crippen LogP contribution in [0, 0.1) is 0 Å². The van der Waals surface area contributed by atoms with Crippen molar-refractivity contribution in [2.75, 3.05) is 11.9 Å². The molecule has 0 fully saturated rings. The van der Waals surface area contributed by atoms with E-state index < -0.39 is 0 Å². The molecule has 6 heteroatoms. The third kappa shape index (κ3) is 2.66. The number of carbonyl (C=O) groups excluding carboxylic acids is 2. The zero-order valence-electron chi connectivity index (χ0n) is 10.7. The average Bonchev–Trinajstić information content (AvgIpc) is 2.46. The Kier molecular flexibility index (Phi) is 3.69. The summed E-state index contributed by atoms with van der Waals surface area (Å²) >= 11 is 9.41. The van der Waals surface area contributed by atoms with E-state index in [2.05, 4.69) is 21.2 Å². The summed E-state index contributed by atoms with van der Waals surface area (Å²) in [6, 6.07) is 10.1. The summed E-state index contributed by atoms with van der Waals surface area (Å²) in [6.45, 7) is -0.0612. The molecule has 0 aliphatic carbocycles. The molecule has 0 atom stereocenters. The van der Waals surface area contributed by atoms with Crippen LogP contribution in [0.5, 0.6) is 5.75 Å². The fourth-order valence-corrected chi connectivity index (χ4v) is 2.81. The smallest absolute Gasteiger partial charge is 0.262 e. The molecule has 1 amide bonds. The van der Waals surface area contributed by atoms with Crippen LogP contribution in [-0.4, -0.2) is 18.3 Å². The van der Waals surface area contributed by atoms with E-state index in [4.69, 9.17) is 16.3 Å². The van der Waals surface area contributed by atoms with Crippen molar-refractivity contribution in [3.8, 4) is 5.75 Å². The van der Waals surface area contributed by atoms with E-state index in [1.165, 1.54) is 0 Å². The van der Waals surface area contributed by atoms with E-state index in [1.54, 1.807) is 36.4 Å². The molecule has 2 aromatic carbocycles. The monoisotopic (exact) mass is 365 g/mol. The van der Waals surface area contributed by atoms with Gasteiger partial charge in [-0.2, -0.15) is 0 Å². The molecule has 106 valence electrons. The second kappa shape index (κ2) is 5.50. The lowest BCUT2D eigenvalue weighted by Gasteiger charge is -2.19. The molecule has 0 spiro atoms. The molecular formula is C15H9BrClNO3. The molecule has 4 nitrogen and oxygen atoms in total. The van der Waals surface area contributed by atoms with Gasteiger partial charge in [-0.15, -0.1) is 0 Å². The molecule has 0 radical (unpaired) electrons. The van der Waals surface area contributed by atoms with E-state index in [-0.39, 0.29) is 18.3 Å². The number of fused-ring (bicyclic) bond motifs is 1. The van der Waals surface area contributed by atoms with Crippen molar-refractivity contribution in [2.45, 2.75) is 0 Å². The van der Waals surface area contributed by atoms with Crippen LogP contribution in [0.4, 0.5) is 5.69 Å². The van der Waals surface area contributed by atoms with Gasteiger partial charge in [0.05, 0.1) is 10.7 Å². The quantitative estimate of drug-likeness (QED) is 0.825. The van der Waals surface area contributed by atoms with Gasteiger partial charge in [-0.1, -0.05) is 23.7 Å². The van der Waals surface area contributed by atoms with E-state index >= 15 is 0 Å². The van der Waals surface area contributed by atoms with E-state index in [9.17, 15) is 9.59 Å². The van der Waals surface area contributed by atoms with E-state index in [0.717, 1.165) is 0 Å². The van der Waals surface area contributed by atoms with Gasteiger partial charge in [-0.3, -0.25) is 9.59 Å². The number of benzene rings is 2. The van der Waals surface area contributed by atoms with E-state index in [0.29, 0.717) is 32.1 Å². The van der Waals surface area contributed by atoms with Crippen molar-refractivity contribution in [2.24, 2.45) is 0 Å². The first kappa shape index (κ1) is 14.1. The van der Waals surface area contributed by atoms with Crippen LogP contribution in [0.3, 0.4) is 0 Å². The van der Waals surface area contributed by atoms with Crippen LogP contribution in [0.15, 0.2) is 40.9 Å². The lowest BCUT2D eigenvalue weighted by molar-refractivity contribution is -0.118. The third-order valence-corrected chi connectivity index (χ3v) is 4.05. The van der Waals surface area contributed by atoms with Crippen molar-refractivity contribution in [3.05, 3.63) is 57.0 Å². The summed E-state index contributed by atoms with van der Waals surface area (Å²) in [4.78, 5) is 23.9. The molecule has 0 saturated carbocycles. The largest absolute Gasteiger partial charge is 0.482 e. The molecule has 0 unspecified atom stereocenters. The number of nitrogens with one attached hydrogen (secondary N) is 1. The van der Waals surface area contributed by atoms with Gasteiger partial charge in [0.1, 0.15) is 5.75 Å². The number of hydrogen-bond donors (Lipinski definition) is 1. The van der Waals surface area contributed by atoms with Crippen LogP contribution in [-0.2, 0) is 4.79 Å². The summed E-state index contributed by atoms with van der Waals surface area (Å²) in [6.07, 6.45) is 0. The highest BCUT2D eigenvalue weighted by Crippen LogP contribution is 2.35. The highest BCUT2D eigenvalue weighted by molar-refractivity contribution is 9.10. The number of amides is 1. The Bertz CT molecular complexity index is 761. The molecule has 1 heterocycles. The maximum absolute atomic E-state index is 12.6. The van der Waals surface area contributed by atoms with Crippen molar-refractivity contribution < 1.29 is 14.3 Å². The van der Waals surface area contributed by atoms with Crippen LogP contribution in [0.1, 0.15) is 15.9 Å². The summed E-state index contributed by atoms with van der Waals surface area (Å²) in [5, 5.41) is 3.08. The SMILES string of the molecule is O=C1COc2cc(C(=O)c3ccccc3Cl)c(Br)cc2N1. The summed E-state index contributed by atoms with van der Waals surface area (Å²) in [5.41, 5.74) is 1.38. The fraction of sp³-hybridized carbons (Fsp3) is 0.0667. The molecule has 1 aliphatic rings. The van der Waals surface area contributed by atoms with Gasteiger partial charge in [-0.05, 0) is 40.2 Å². The summed E-state index contributed by atoms with van der Waals surface area (Å²) in [5.74, 6) is 0.0311. The Balaban J connectivity index is 2.05. The molecule has 0 saturated heterocycles. The van der Waals surface area contributed by atoms with Gasteiger partial charge >= 0.3 is 0 Å². The molecule has 0 bridgehead atoms. The first-order valence-corrected chi connectivity index (χ1v) is 7.29. The summed E-state index contributed by atoms with van der Waals surface area (Å²) in [7, 11) is 0. The Morgan fingerprint density at radius 2 is 2.00 bits per heavy atom. The Morgan fingerprint density at radius 3 is 2.76 bits per heavy atom. The lowest BCUT2D eigenvalue weighted by Crippen LogP contribution is -2.25. The molecule has 1 aliphatic heterocycles. The highest BCUT2D eigenvalue weighted by atomic mass is 79.9. The van der Waals surface area contributed by atoms with E-state index in [1.807, 2.05) is 0 Å². The van der Waals surface area contributed by atoms with Crippen molar-refractivity contribution in [1.82, 2.24) is 0 Å². The Hall–Kier alpha value is -1.85. The van der Waals surface area contributed by atoms with Crippen LogP contribution >= 0.6 is 27.5 Å². The minimum atomic E-state index is -0.223. The second-order valence-electron chi connectivity index (χ2n) is 4.47. The standard InChI is InChI=1S/C15H9BrClNO3/c16-10-6-12-13(21-7-14(19)18-12)5-9(10)15(20)8-3-1-2-4-11(8)17/h1-6H,7H2,(H,18,19). The molecular weight excluding hydrogens is 358 g/mol. The molecule has 3 rings (SSSR count). The molecule has 1 N–H and O–H groups in total. The van der Waals surface area contributed by atoms with Gasteiger partial charge in [-0.25, -0.2) is 0 Å². The van der Waals surface area contributed by atoms with Crippen LogP contribution < -0.4 is 10.1 Å². The topological polar surface area (TPSA) is 55.4 Å². The first-order chi connectivity index (χ1) is 10.1. The van der Waals surface area contributed by atoms with Crippen molar-refractivity contribution in [1.29, 1.82) is 0 Å². The molecule has 21 heavy (non-hydrogen) atoms. The maximum Gasteiger partial charge on any atom is 0.262 e. The number of ketones is 1. The third-order valence-electron chi connectivity index (χ3n) is 3.07. The van der Waals surface area contributed by atoms with Gasteiger partial charge < -0.3 is 10.1 Å². The average molecular weight is 367 g/mol. The van der Waals surface area contributed by atoms with Crippen molar-refractivity contribution >= 4 is 44.9 Å². The lowest BCUT2D eigenvalue weighted by atomic mass is 10.0. The predicted molar refractivity (Wildman–Crippen MR) is 83.2 cm³/mol. The zero-order chi connectivity index (χ0) is 15.0. The number of ether oxygens (including phenoxy) is 1. The van der Waals surface area contributed by atoms with Gasteiger partial charge in [0, 0.05) is 15.6 Å². The predicted octanol–water partition coefficient (Wildman–Crippen LogP) is 3.66. The first-order valence-electron chi connectivity index (χ1n) is 6.11. The normalized spacial score (nSPS) is 13.1. The minimum absolute atomic E-state index is 0.0612. The van der Waals surface area contributed by atoms with Crippen LogP contribution in [0.2, 0.25) is 5.02 Å². The van der Waals surface area contributed by atoms with Crippen molar-refractivity contribution in [3.63, 3.8) is 0 Å². The van der Waals surface area contributed by atoms with Gasteiger partial charge in [0.25, 0.3) is 5.91 Å². The minimum Gasteiger partial charge on any atom is -0.482 e. The number of halogens is 2. The van der Waals surface area contributed by atoms with Crippen LogP contribution in [0.25, 0.3) is 0 Å². The number of anilines is 1. The Labute approximate surface area is 134 Å². The fourth-order valence-electron chi connectivity index (χ4n) is 2.06. The van der Waals surface area contributed by atoms with Gasteiger partial charge in [0.2, 0.25) is 0 Å². The Morgan fingerprint density at radius 1 is 1.24 bits per heavy atom. The second-order valence-corrected chi connectivity index (χ2v) is 5.74. The highest BCUT2D eigenvalue weighted by Gasteiger charge is 2.22. The maximum atomic E-state index is 12.6. The molecule has 2 aromatic rings. The zero-order valence-corrected chi connectivity index (χ0v) is 13.0. The summed E-state index contributed by atoms with van der Waals surface area (Å²) < 4.78 is 5.90.